The van der Waals surface area contributed by atoms with Crippen molar-refractivity contribution < 1.29 is 22.4 Å². The molecule has 8 nitrogen and oxygen atoms in total. The molecule has 0 aliphatic heterocycles. The third kappa shape index (κ3) is 6.21. The number of carbonyl (C=O) groups excluding carboxylic acids is 2. The fourth-order valence-electron chi connectivity index (χ4n) is 3.28. The molecule has 0 atom stereocenters. The molecule has 0 bridgehead atoms. The van der Waals surface area contributed by atoms with E-state index < -0.39 is 15.9 Å². The molecule has 0 unspecified atom stereocenters. The number of nitrogens with one attached hydrogen (secondary N) is 2. The lowest BCUT2D eigenvalue weighted by Crippen LogP contribution is -2.30. The summed E-state index contributed by atoms with van der Waals surface area (Å²) in [6.07, 6.45) is 4.42. The van der Waals surface area contributed by atoms with E-state index in [1.54, 1.807) is 68.5 Å². The summed E-state index contributed by atoms with van der Waals surface area (Å²) in [6.45, 7) is 4.59. The van der Waals surface area contributed by atoms with Crippen LogP contribution in [0.3, 0.4) is 0 Å². The first kappa shape index (κ1) is 24.9. The van der Waals surface area contributed by atoms with Crippen LogP contribution in [-0.4, -0.2) is 37.6 Å². The van der Waals surface area contributed by atoms with E-state index in [0.29, 0.717) is 35.7 Å². The number of hydrogen-bond donors (Lipinski definition) is 2. The molecule has 1 aromatic heterocycles. The molecule has 34 heavy (non-hydrogen) atoms. The Bertz CT molecular complexity index is 1250. The maximum atomic E-state index is 12.6. The van der Waals surface area contributed by atoms with Crippen LogP contribution in [0.1, 0.15) is 35.5 Å². The molecular weight excluding hydrogens is 454 g/mol. The third-order valence-corrected chi connectivity index (χ3v) is 7.15. The highest BCUT2D eigenvalue weighted by molar-refractivity contribution is 7.89. The van der Waals surface area contributed by atoms with Gasteiger partial charge in [0.2, 0.25) is 15.9 Å². The maximum absolute atomic E-state index is 12.6. The molecule has 2 amide bonds. The van der Waals surface area contributed by atoms with E-state index in [2.05, 4.69) is 10.6 Å². The number of para-hydroxylation sites is 1. The van der Waals surface area contributed by atoms with Gasteiger partial charge in [-0.3, -0.25) is 9.59 Å². The second-order valence-electron chi connectivity index (χ2n) is 7.29. The highest BCUT2D eigenvalue weighted by Crippen LogP contribution is 2.18. The molecule has 0 spiro atoms. The van der Waals surface area contributed by atoms with Crippen LogP contribution in [0.25, 0.3) is 6.08 Å². The molecular formula is C25H27N3O5S. The monoisotopic (exact) mass is 481 g/mol. The second kappa shape index (κ2) is 11.4. The highest BCUT2D eigenvalue weighted by Gasteiger charge is 2.21. The molecule has 178 valence electrons. The first-order valence-corrected chi connectivity index (χ1v) is 12.3. The van der Waals surface area contributed by atoms with Crippen LogP contribution in [0, 0.1) is 0 Å². The van der Waals surface area contributed by atoms with Crippen molar-refractivity contribution >= 4 is 33.6 Å². The van der Waals surface area contributed by atoms with Crippen LogP contribution < -0.4 is 10.6 Å². The Balaban J connectivity index is 1.65. The minimum atomic E-state index is -3.54. The number of carbonyl (C=O) groups is 2. The SMILES string of the molecule is CCN(CC)S(=O)(=O)c1ccc(/C=C/C(=O)Nc2ccccc2C(=O)NCc2ccco2)cc1. The van der Waals surface area contributed by atoms with Gasteiger partial charge in [0.15, 0.2) is 0 Å². The smallest absolute Gasteiger partial charge is 0.253 e. The van der Waals surface area contributed by atoms with Crippen LogP contribution in [0.4, 0.5) is 5.69 Å². The second-order valence-corrected chi connectivity index (χ2v) is 9.23. The maximum Gasteiger partial charge on any atom is 0.253 e. The van der Waals surface area contributed by atoms with Gasteiger partial charge in [-0.15, -0.1) is 0 Å². The van der Waals surface area contributed by atoms with Gasteiger partial charge in [0.05, 0.1) is 29.0 Å². The molecule has 0 aliphatic rings. The fourth-order valence-corrected chi connectivity index (χ4v) is 4.73. The predicted octanol–water partition coefficient (Wildman–Crippen LogP) is 3.89. The predicted molar refractivity (Wildman–Crippen MR) is 131 cm³/mol. The van der Waals surface area contributed by atoms with Crippen LogP contribution in [0.15, 0.2) is 82.3 Å². The molecule has 0 radical (unpaired) electrons. The Morgan fingerprint density at radius 1 is 0.971 bits per heavy atom. The molecule has 0 saturated carbocycles. The van der Waals surface area contributed by atoms with Gasteiger partial charge >= 0.3 is 0 Å². The number of anilines is 1. The Morgan fingerprint density at radius 2 is 1.68 bits per heavy atom. The Morgan fingerprint density at radius 3 is 2.32 bits per heavy atom. The fraction of sp³-hybridized carbons (Fsp3) is 0.200. The Labute approximate surface area is 199 Å². The minimum Gasteiger partial charge on any atom is -0.467 e. The van der Waals surface area contributed by atoms with Gasteiger partial charge in [-0.2, -0.15) is 4.31 Å². The quantitative estimate of drug-likeness (QED) is 0.427. The number of sulfonamides is 1. The summed E-state index contributed by atoms with van der Waals surface area (Å²) >= 11 is 0. The van der Waals surface area contributed by atoms with Crippen LogP contribution in [-0.2, 0) is 21.4 Å². The summed E-state index contributed by atoms with van der Waals surface area (Å²) in [5, 5.41) is 5.46. The highest BCUT2D eigenvalue weighted by atomic mass is 32.2. The van der Waals surface area contributed by atoms with Crippen LogP contribution in [0.5, 0.6) is 0 Å². The van der Waals surface area contributed by atoms with Crippen molar-refractivity contribution in [2.75, 3.05) is 18.4 Å². The van der Waals surface area contributed by atoms with Crippen LogP contribution >= 0.6 is 0 Å². The zero-order valence-electron chi connectivity index (χ0n) is 19.0. The zero-order chi connectivity index (χ0) is 24.6. The molecule has 2 aromatic carbocycles. The number of nitrogens with zero attached hydrogens (tertiary/aromatic N) is 1. The Kier molecular flexibility index (Phi) is 8.39. The van der Waals surface area contributed by atoms with Crippen molar-refractivity contribution in [1.82, 2.24) is 9.62 Å². The zero-order valence-corrected chi connectivity index (χ0v) is 19.8. The lowest BCUT2D eigenvalue weighted by molar-refractivity contribution is -0.111. The van der Waals surface area contributed by atoms with E-state index in [4.69, 9.17) is 4.42 Å². The van der Waals surface area contributed by atoms with E-state index in [1.807, 2.05) is 0 Å². The van der Waals surface area contributed by atoms with E-state index in [9.17, 15) is 18.0 Å². The molecule has 3 aromatic rings. The summed E-state index contributed by atoms with van der Waals surface area (Å²) in [5.74, 6) is -0.152. The molecule has 9 heteroatoms. The van der Waals surface area contributed by atoms with E-state index in [-0.39, 0.29) is 17.3 Å². The van der Waals surface area contributed by atoms with Crippen LogP contribution in [0.2, 0.25) is 0 Å². The summed E-state index contributed by atoms with van der Waals surface area (Å²) in [6, 6.07) is 16.5. The van der Waals surface area contributed by atoms with E-state index in [1.165, 1.54) is 28.8 Å². The van der Waals surface area contributed by atoms with Gasteiger partial charge < -0.3 is 15.1 Å². The topological polar surface area (TPSA) is 109 Å². The minimum absolute atomic E-state index is 0.201. The first-order chi connectivity index (χ1) is 16.3. The third-order valence-electron chi connectivity index (χ3n) is 5.08. The first-order valence-electron chi connectivity index (χ1n) is 10.8. The molecule has 0 saturated heterocycles. The lowest BCUT2D eigenvalue weighted by Gasteiger charge is -2.18. The summed E-state index contributed by atoms with van der Waals surface area (Å²) in [7, 11) is -3.54. The summed E-state index contributed by atoms with van der Waals surface area (Å²) in [4.78, 5) is 25.2. The van der Waals surface area contributed by atoms with Gasteiger partial charge in [-0.25, -0.2) is 8.42 Å². The Hall–Kier alpha value is -3.69. The summed E-state index contributed by atoms with van der Waals surface area (Å²) in [5.41, 5.74) is 1.36. The molecule has 2 N–H and O–H groups in total. The lowest BCUT2D eigenvalue weighted by atomic mass is 10.1. The van der Waals surface area contributed by atoms with Gasteiger partial charge in [0, 0.05) is 19.2 Å². The van der Waals surface area contributed by atoms with Crippen molar-refractivity contribution in [3.05, 3.63) is 89.9 Å². The van der Waals surface area contributed by atoms with Gasteiger partial charge in [-0.1, -0.05) is 38.1 Å². The van der Waals surface area contributed by atoms with Gasteiger partial charge in [0.25, 0.3) is 5.91 Å². The number of furan rings is 1. The van der Waals surface area contributed by atoms with Gasteiger partial charge in [-0.05, 0) is 48.0 Å². The average Bonchev–Trinajstić information content (AvgIpc) is 3.36. The molecule has 3 rings (SSSR count). The molecule has 1 heterocycles. The standard InChI is InChI=1S/C25H27N3O5S/c1-3-28(4-2)34(31,32)21-14-11-19(12-15-21)13-16-24(29)27-23-10-6-5-9-22(23)25(30)26-18-20-8-7-17-33-20/h5-17H,3-4,18H2,1-2H3,(H,26,30)(H,27,29)/b16-13+. The summed E-state index contributed by atoms with van der Waals surface area (Å²) < 4.78 is 31.8. The van der Waals surface area contributed by atoms with Gasteiger partial charge in [0.1, 0.15) is 5.76 Å². The normalized spacial score (nSPS) is 11.6. The number of benzene rings is 2. The van der Waals surface area contributed by atoms with E-state index in [0.717, 1.165) is 0 Å². The molecule has 0 fully saturated rings. The molecule has 0 aliphatic carbocycles. The van der Waals surface area contributed by atoms with E-state index >= 15 is 0 Å². The van der Waals surface area contributed by atoms with Crippen molar-refractivity contribution in [1.29, 1.82) is 0 Å². The number of amides is 2. The van der Waals surface area contributed by atoms with Crippen molar-refractivity contribution in [3.8, 4) is 0 Å². The van der Waals surface area contributed by atoms with Crippen molar-refractivity contribution in [2.45, 2.75) is 25.3 Å². The van der Waals surface area contributed by atoms with Crippen molar-refractivity contribution in [3.63, 3.8) is 0 Å². The number of rotatable bonds is 10. The average molecular weight is 482 g/mol. The number of hydrogen-bond acceptors (Lipinski definition) is 5. The van der Waals surface area contributed by atoms with Crippen molar-refractivity contribution in [2.24, 2.45) is 0 Å². The largest absolute Gasteiger partial charge is 0.467 e.